The molecule has 0 bridgehead atoms. The topological polar surface area (TPSA) is 115 Å². The monoisotopic (exact) mass is 455 g/mol. The van der Waals surface area contributed by atoms with Gasteiger partial charge in [-0.1, -0.05) is 25.1 Å². The number of carbonyl (C=O) groups excluding carboxylic acids is 3. The molecule has 0 saturated carbocycles. The zero-order valence-corrected chi connectivity index (χ0v) is 19.1. The Hall–Kier alpha value is -3.88. The summed E-state index contributed by atoms with van der Waals surface area (Å²) in [5.41, 5.74) is 4.64. The van der Waals surface area contributed by atoms with Crippen molar-refractivity contribution in [1.29, 1.82) is 0 Å². The Morgan fingerprint density at radius 1 is 0.939 bits per heavy atom. The fourth-order valence-electron chi connectivity index (χ4n) is 2.84. The van der Waals surface area contributed by atoms with Crippen LogP contribution < -0.4 is 20.2 Å². The Morgan fingerprint density at radius 2 is 1.73 bits per heavy atom. The number of hydrogen-bond donors (Lipinski definition) is 2. The third kappa shape index (κ3) is 8.64. The third-order valence-electron chi connectivity index (χ3n) is 4.31. The van der Waals surface area contributed by atoms with Gasteiger partial charge in [-0.05, 0) is 55.7 Å². The van der Waals surface area contributed by atoms with Gasteiger partial charge in [-0.15, -0.1) is 0 Å². The smallest absolute Gasteiger partial charge is 0.344 e. The second-order valence-corrected chi connectivity index (χ2v) is 6.76. The molecule has 2 N–H and O–H groups in total. The Labute approximate surface area is 193 Å². The van der Waals surface area contributed by atoms with Crippen LogP contribution in [-0.4, -0.2) is 43.8 Å². The molecule has 0 aliphatic rings. The fourth-order valence-corrected chi connectivity index (χ4v) is 2.84. The lowest BCUT2D eigenvalue weighted by atomic mass is 10.1. The van der Waals surface area contributed by atoms with Gasteiger partial charge >= 0.3 is 5.97 Å². The number of rotatable bonds is 12. The van der Waals surface area contributed by atoms with E-state index >= 15 is 0 Å². The number of para-hydroxylation sites is 1. The molecular formula is C24H29N3O6. The van der Waals surface area contributed by atoms with Crippen LogP contribution in [0.3, 0.4) is 0 Å². The van der Waals surface area contributed by atoms with Gasteiger partial charge in [0.05, 0.1) is 19.4 Å². The quantitative estimate of drug-likeness (QED) is 0.220. The Balaban J connectivity index is 1.91. The molecule has 176 valence electrons. The first-order valence-corrected chi connectivity index (χ1v) is 10.7. The number of carbonyl (C=O) groups is 3. The van der Waals surface area contributed by atoms with Crippen LogP contribution in [0.4, 0.5) is 5.69 Å². The summed E-state index contributed by atoms with van der Waals surface area (Å²) in [6.45, 7) is 5.96. The van der Waals surface area contributed by atoms with E-state index in [0.29, 0.717) is 29.4 Å². The van der Waals surface area contributed by atoms with E-state index in [9.17, 15) is 14.4 Å². The average Bonchev–Trinajstić information content (AvgIpc) is 2.79. The molecule has 9 heteroatoms. The van der Waals surface area contributed by atoms with Gasteiger partial charge in [0.2, 0.25) is 11.8 Å². The molecule has 0 spiro atoms. The molecule has 0 unspecified atom stereocenters. The number of nitrogens with zero attached hydrogens (tertiary/aromatic N) is 1. The summed E-state index contributed by atoms with van der Waals surface area (Å²) < 4.78 is 15.8. The summed E-state index contributed by atoms with van der Waals surface area (Å²) in [7, 11) is 0. The minimum absolute atomic E-state index is 0.234. The standard InChI is InChI=1S/C24H29N3O6/c1-4-18-9-7-8-10-19(18)26-22(28)14-23(29)27-25-15-17-11-12-20(21(13-17)31-5-2)33-16-24(30)32-6-3/h7-13,15H,4-6,14,16H2,1-3H3,(H,26,28)(H,27,29). The highest BCUT2D eigenvalue weighted by Crippen LogP contribution is 2.28. The van der Waals surface area contributed by atoms with Crippen molar-refractivity contribution >= 4 is 29.7 Å². The van der Waals surface area contributed by atoms with Crippen molar-refractivity contribution in [2.75, 3.05) is 25.1 Å². The van der Waals surface area contributed by atoms with Gasteiger partial charge in [-0.3, -0.25) is 9.59 Å². The van der Waals surface area contributed by atoms with Crippen LogP contribution >= 0.6 is 0 Å². The molecular weight excluding hydrogens is 426 g/mol. The maximum atomic E-state index is 12.1. The summed E-state index contributed by atoms with van der Waals surface area (Å²) in [6.07, 6.45) is 1.82. The van der Waals surface area contributed by atoms with Crippen molar-refractivity contribution in [3.05, 3.63) is 53.6 Å². The number of hydrogen-bond acceptors (Lipinski definition) is 7. The molecule has 2 amide bonds. The predicted molar refractivity (Wildman–Crippen MR) is 125 cm³/mol. The second-order valence-electron chi connectivity index (χ2n) is 6.76. The lowest BCUT2D eigenvalue weighted by Gasteiger charge is -2.12. The molecule has 33 heavy (non-hydrogen) atoms. The highest BCUT2D eigenvalue weighted by atomic mass is 16.6. The highest BCUT2D eigenvalue weighted by molar-refractivity contribution is 6.04. The normalized spacial score (nSPS) is 10.5. The highest BCUT2D eigenvalue weighted by Gasteiger charge is 2.11. The predicted octanol–water partition coefficient (Wildman–Crippen LogP) is 3.07. The van der Waals surface area contributed by atoms with Gasteiger partial charge in [0.1, 0.15) is 6.42 Å². The number of hydrazone groups is 1. The Morgan fingerprint density at radius 3 is 2.45 bits per heavy atom. The van der Waals surface area contributed by atoms with Crippen molar-refractivity contribution in [2.24, 2.45) is 5.10 Å². The number of esters is 1. The number of ether oxygens (including phenoxy) is 3. The molecule has 0 heterocycles. The molecule has 2 aromatic rings. The zero-order chi connectivity index (χ0) is 24.1. The van der Waals surface area contributed by atoms with Gasteiger partial charge in [-0.2, -0.15) is 5.10 Å². The number of nitrogens with one attached hydrogen (secondary N) is 2. The van der Waals surface area contributed by atoms with Gasteiger partial charge in [0.25, 0.3) is 0 Å². The number of amides is 2. The molecule has 0 radical (unpaired) electrons. The summed E-state index contributed by atoms with van der Waals surface area (Å²) in [5.74, 6) is -0.640. The van der Waals surface area contributed by atoms with Crippen molar-refractivity contribution in [3.8, 4) is 11.5 Å². The number of aryl methyl sites for hydroxylation is 1. The van der Waals surface area contributed by atoms with Crippen LogP contribution in [-0.2, 0) is 25.5 Å². The molecule has 0 fully saturated rings. The summed E-state index contributed by atoms with van der Waals surface area (Å²) in [4.78, 5) is 35.7. The van der Waals surface area contributed by atoms with E-state index in [1.54, 1.807) is 31.2 Å². The molecule has 0 atom stereocenters. The van der Waals surface area contributed by atoms with Crippen LogP contribution in [0, 0.1) is 0 Å². The first-order valence-electron chi connectivity index (χ1n) is 10.7. The minimum atomic E-state index is -0.544. The second kappa shape index (κ2) is 13.5. The van der Waals surface area contributed by atoms with Crippen LogP contribution in [0.1, 0.15) is 38.3 Å². The van der Waals surface area contributed by atoms with Gasteiger partial charge < -0.3 is 19.5 Å². The van der Waals surface area contributed by atoms with E-state index < -0.39 is 17.8 Å². The van der Waals surface area contributed by atoms with Crippen LogP contribution in [0.15, 0.2) is 47.6 Å². The molecule has 2 aromatic carbocycles. The summed E-state index contributed by atoms with van der Waals surface area (Å²) in [5, 5.41) is 6.63. The fraction of sp³-hybridized carbons (Fsp3) is 0.333. The van der Waals surface area contributed by atoms with E-state index in [-0.39, 0.29) is 19.6 Å². The molecule has 0 aliphatic carbocycles. The van der Waals surface area contributed by atoms with Crippen LogP contribution in [0.2, 0.25) is 0 Å². The van der Waals surface area contributed by atoms with Crippen LogP contribution in [0.5, 0.6) is 11.5 Å². The first kappa shape index (κ1) is 25.4. The maximum absolute atomic E-state index is 12.1. The lowest BCUT2D eigenvalue weighted by Crippen LogP contribution is -2.25. The Bertz CT molecular complexity index is 990. The first-order chi connectivity index (χ1) is 16.0. The Kier molecular flexibility index (Phi) is 10.4. The third-order valence-corrected chi connectivity index (χ3v) is 4.31. The molecule has 2 rings (SSSR count). The summed E-state index contributed by atoms with van der Waals surface area (Å²) in [6, 6.07) is 12.4. The maximum Gasteiger partial charge on any atom is 0.344 e. The largest absolute Gasteiger partial charge is 0.490 e. The SMILES string of the molecule is CCOC(=O)COc1ccc(C=NNC(=O)CC(=O)Nc2ccccc2CC)cc1OCC. The number of anilines is 1. The van der Waals surface area contributed by atoms with Gasteiger partial charge in [0, 0.05) is 5.69 Å². The average molecular weight is 456 g/mol. The molecule has 0 aromatic heterocycles. The van der Waals surface area contributed by atoms with E-state index in [1.807, 2.05) is 32.0 Å². The lowest BCUT2D eigenvalue weighted by molar-refractivity contribution is -0.145. The minimum Gasteiger partial charge on any atom is -0.490 e. The molecule has 9 nitrogen and oxygen atoms in total. The van der Waals surface area contributed by atoms with Gasteiger partial charge in [0.15, 0.2) is 18.1 Å². The van der Waals surface area contributed by atoms with E-state index in [0.717, 1.165) is 12.0 Å². The van der Waals surface area contributed by atoms with E-state index in [2.05, 4.69) is 15.8 Å². The molecule has 0 saturated heterocycles. The number of benzene rings is 2. The van der Waals surface area contributed by atoms with Crippen molar-refractivity contribution in [1.82, 2.24) is 5.43 Å². The zero-order valence-electron chi connectivity index (χ0n) is 19.1. The van der Waals surface area contributed by atoms with Crippen molar-refractivity contribution < 1.29 is 28.6 Å². The van der Waals surface area contributed by atoms with E-state index in [1.165, 1.54) is 6.21 Å². The van der Waals surface area contributed by atoms with Crippen molar-refractivity contribution in [3.63, 3.8) is 0 Å². The van der Waals surface area contributed by atoms with Crippen LogP contribution in [0.25, 0.3) is 0 Å². The summed E-state index contributed by atoms with van der Waals surface area (Å²) >= 11 is 0. The van der Waals surface area contributed by atoms with Crippen molar-refractivity contribution in [2.45, 2.75) is 33.6 Å². The van der Waals surface area contributed by atoms with Gasteiger partial charge in [-0.25, -0.2) is 10.2 Å². The molecule has 0 aliphatic heterocycles. The van der Waals surface area contributed by atoms with E-state index in [4.69, 9.17) is 14.2 Å².